The fourth-order valence-electron chi connectivity index (χ4n) is 1.92. The predicted octanol–water partition coefficient (Wildman–Crippen LogP) is 3.38. The molecule has 2 heteroatoms. The molecule has 2 aromatic carbocycles. The highest BCUT2D eigenvalue weighted by molar-refractivity contribution is 7.35. The van der Waals surface area contributed by atoms with Gasteiger partial charge in [0.25, 0.3) is 0 Å². The van der Waals surface area contributed by atoms with Crippen molar-refractivity contribution in [2.24, 2.45) is 0 Å². The van der Waals surface area contributed by atoms with Gasteiger partial charge in [-0.25, -0.2) is 0 Å². The summed E-state index contributed by atoms with van der Waals surface area (Å²) in [7, 11) is 0.284. The zero-order valence-electron chi connectivity index (χ0n) is 8.03. The van der Waals surface area contributed by atoms with Gasteiger partial charge in [0.1, 0.15) is 0 Å². The first-order valence-corrected chi connectivity index (χ1v) is 5.85. The Morgan fingerprint density at radius 2 is 1.67 bits per heavy atom. The summed E-state index contributed by atoms with van der Waals surface area (Å²) in [5.41, 5.74) is 0. The van der Waals surface area contributed by atoms with Gasteiger partial charge >= 0.3 is 0 Å². The molecule has 0 fully saturated rings. The van der Waals surface area contributed by atoms with Gasteiger partial charge in [0.2, 0.25) is 0 Å². The Kier molecular flexibility index (Phi) is 1.87. The molecule has 0 aliphatic rings. The average molecular weight is 212 g/mol. The Labute approximate surface area is 88.5 Å². The zero-order chi connectivity index (χ0) is 10.3. The van der Waals surface area contributed by atoms with Crippen molar-refractivity contribution in [3.8, 4) is 0 Å². The SMILES string of the molecule is O=c1ccc2c(ccc3ccccc32)[pH]1. The van der Waals surface area contributed by atoms with Gasteiger partial charge < -0.3 is 0 Å². The van der Waals surface area contributed by atoms with Crippen LogP contribution in [0.15, 0.2) is 53.3 Å². The molecule has 1 nitrogen and oxygen atoms in total. The Balaban J connectivity index is 2.60. The highest BCUT2D eigenvalue weighted by Crippen LogP contribution is 2.27. The monoisotopic (exact) mass is 212 g/mol. The molecule has 1 heterocycles. The molecule has 0 aliphatic heterocycles. The van der Waals surface area contributed by atoms with Crippen LogP contribution in [0.2, 0.25) is 0 Å². The summed E-state index contributed by atoms with van der Waals surface area (Å²) in [6, 6.07) is 16.1. The van der Waals surface area contributed by atoms with Crippen molar-refractivity contribution in [1.82, 2.24) is 0 Å². The van der Waals surface area contributed by atoms with Crippen molar-refractivity contribution < 1.29 is 0 Å². The minimum Gasteiger partial charge on any atom is -0.286 e. The van der Waals surface area contributed by atoms with Crippen LogP contribution in [0.5, 0.6) is 0 Å². The van der Waals surface area contributed by atoms with Gasteiger partial charge in [0, 0.05) is 5.12 Å². The minimum atomic E-state index is 0.220. The second-order valence-corrected chi connectivity index (χ2v) is 4.85. The first kappa shape index (κ1) is 8.70. The number of benzene rings is 2. The molecule has 1 aromatic heterocycles. The van der Waals surface area contributed by atoms with E-state index in [1.807, 2.05) is 18.2 Å². The molecular weight excluding hydrogens is 203 g/mol. The summed E-state index contributed by atoms with van der Waals surface area (Å²) in [6.45, 7) is 0. The molecule has 0 spiro atoms. The lowest BCUT2D eigenvalue weighted by atomic mass is 10.1. The van der Waals surface area contributed by atoms with Gasteiger partial charge in [-0.3, -0.25) is 4.79 Å². The van der Waals surface area contributed by atoms with E-state index in [2.05, 4.69) is 24.3 Å². The number of rotatable bonds is 0. The van der Waals surface area contributed by atoms with Crippen LogP contribution >= 0.6 is 8.19 Å². The van der Waals surface area contributed by atoms with E-state index in [9.17, 15) is 4.79 Å². The molecule has 0 saturated carbocycles. The van der Waals surface area contributed by atoms with Gasteiger partial charge in [-0.15, -0.1) is 0 Å². The standard InChI is InChI=1S/C13H9OP/c14-13-8-6-11-10-4-2-1-3-9(10)5-7-12(11)15-13/h1-8,15H. The maximum atomic E-state index is 11.3. The van der Waals surface area contributed by atoms with Crippen molar-refractivity contribution >= 4 is 29.5 Å². The Hall–Kier alpha value is -1.59. The molecule has 0 bridgehead atoms. The lowest BCUT2D eigenvalue weighted by Gasteiger charge is -2.01. The minimum absolute atomic E-state index is 0.220. The van der Waals surface area contributed by atoms with Crippen molar-refractivity contribution in [2.45, 2.75) is 0 Å². The molecule has 0 amide bonds. The van der Waals surface area contributed by atoms with E-state index in [0.717, 1.165) is 0 Å². The van der Waals surface area contributed by atoms with E-state index in [-0.39, 0.29) is 13.4 Å². The Morgan fingerprint density at radius 1 is 0.800 bits per heavy atom. The first-order chi connectivity index (χ1) is 7.34. The van der Waals surface area contributed by atoms with E-state index in [1.165, 1.54) is 21.3 Å². The van der Waals surface area contributed by atoms with Crippen LogP contribution in [0.1, 0.15) is 0 Å². The van der Waals surface area contributed by atoms with Crippen LogP contribution in [0.25, 0.3) is 21.3 Å². The molecular formula is C13H9OP. The lowest BCUT2D eigenvalue weighted by molar-refractivity contribution is 1.79. The normalized spacial score (nSPS) is 11.5. The maximum absolute atomic E-state index is 11.3. The summed E-state index contributed by atoms with van der Waals surface area (Å²) >= 11 is 0. The van der Waals surface area contributed by atoms with E-state index >= 15 is 0 Å². The average Bonchev–Trinajstić information content (AvgIpc) is 2.28. The number of fused-ring (bicyclic) bond motifs is 3. The van der Waals surface area contributed by atoms with Crippen LogP contribution < -0.4 is 5.16 Å². The van der Waals surface area contributed by atoms with E-state index in [0.29, 0.717) is 0 Å². The summed E-state index contributed by atoms with van der Waals surface area (Å²) in [6.07, 6.45) is 0. The first-order valence-electron chi connectivity index (χ1n) is 4.85. The molecule has 1 unspecified atom stereocenters. The third-order valence-corrected chi connectivity index (χ3v) is 3.75. The Bertz CT molecular complexity index is 697. The van der Waals surface area contributed by atoms with Crippen molar-refractivity contribution in [3.05, 3.63) is 58.5 Å². The molecule has 0 N–H and O–H groups in total. The van der Waals surface area contributed by atoms with E-state index in [4.69, 9.17) is 0 Å². The molecule has 72 valence electrons. The zero-order valence-corrected chi connectivity index (χ0v) is 9.03. The Morgan fingerprint density at radius 3 is 2.60 bits per heavy atom. The van der Waals surface area contributed by atoms with Crippen LogP contribution in [0, 0.1) is 0 Å². The third kappa shape index (κ3) is 1.36. The van der Waals surface area contributed by atoms with E-state index in [1.54, 1.807) is 6.07 Å². The maximum Gasteiger partial charge on any atom is 0.193 e. The van der Waals surface area contributed by atoms with E-state index < -0.39 is 0 Å². The molecule has 3 aromatic rings. The summed E-state index contributed by atoms with van der Waals surface area (Å²) in [5, 5.41) is 5.08. The summed E-state index contributed by atoms with van der Waals surface area (Å²) < 4.78 is 0. The van der Waals surface area contributed by atoms with Gasteiger partial charge in [-0.2, -0.15) is 0 Å². The van der Waals surface area contributed by atoms with Gasteiger partial charge in [0.15, 0.2) is 5.16 Å². The quantitative estimate of drug-likeness (QED) is 0.522. The highest BCUT2D eigenvalue weighted by Gasteiger charge is 1.99. The third-order valence-electron chi connectivity index (χ3n) is 2.63. The van der Waals surface area contributed by atoms with Crippen molar-refractivity contribution in [1.29, 1.82) is 0 Å². The van der Waals surface area contributed by atoms with Crippen molar-refractivity contribution in [2.75, 3.05) is 0 Å². The fourth-order valence-corrected chi connectivity index (χ4v) is 2.87. The van der Waals surface area contributed by atoms with Gasteiger partial charge in [-0.05, 0) is 34.4 Å². The molecule has 0 saturated heterocycles. The van der Waals surface area contributed by atoms with Crippen LogP contribution in [-0.2, 0) is 0 Å². The second-order valence-electron chi connectivity index (χ2n) is 3.57. The van der Waals surface area contributed by atoms with Crippen LogP contribution in [0.4, 0.5) is 0 Å². The smallest absolute Gasteiger partial charge is 0.193 e. The topological polar surface area (TPSA) is 17.1 Å². The molecule has 0 radical (unpaired) electrons. The highest BCUT2D eigenvalue weighted by atomic mass is 31.0. The number of hydrogen-bond acceptors (Lipinski definition) is 1. The van der Waals surface area contributed by atoms with Gasteiger partial charge in [0.05, 0.1) is 0 Å². The molecule has 0 aliphatic carbocycles. The fraction of sp³-hybridized carbons (Fsp3) is 0. The predicted molar refractivity (Wildman–Crippen MR) is 67.2 cm³/mol. The summed E-state index contributed by atoms with van der Waals surface area (Å²) in [5.74, 6) is 0. The largest absolute Gasteiger partial charge is 0.286 e. The second kappa shape index (κ2) is 3.22. The molecule has 1 atom stereocenters. The molecule has 3 rings (SSSR count). The van der Waals surface area contributed by atoms with Crippen LogP contribution in [0.3, 0.4) is 0 Å². The van der Waals surface area contributed by atoms with Crippen molar-refractivity contribution in [3.63, 3.8) is 0 Å². The number of hydrogen-bond donors (Lipinski definition) is 0. The van der Waals surface area contributed by atoms with Crippen LogP contribution in [-0.4, -0.2) is 0 Å². The van der Waals surface area contributed by atoms with Gasteiger partial charge in [-0.1, -0.05) is 38.5 Å². The summed E-state index contributed by atoms with van der Waals surface area (Å²) in [4.78, 5) is 11.3. The molecule has 15 heavy (non-hydrogen) atoms. The lowest BCUT2D eigenvalue weighted by Crippen LogP contribution is -1.87.